The summed E-state index contributed by atoms with van der Waals surface area (Å²) in [4.78, 5) is 24.6. The smallest absolute Gasteiger partial charge is 0.272 e. The van der Waals surface area contributed by atoms with Gasteiger partial charge in [-0.05, 0) is 36.9 Å². The second-order valence-electron chi connectivity index (χ2n) is 4.55. The van der Waals surface area contributed by atoms with Crippen LogP contribution in [-0.2, 0) is 4.79 Å². The molecular formula is C14H17BrN2O2S. The molecular weight excluding hydrogens is 340 g/mol. The first-order valence-electron chi connectivity index (χ1n) is 6.50. The molecule has 1 fully saturated rings. The Morgan fingerprint density at radius 3 is 2.50 bits per heavy atom. The van der Waals surface area contributed by atoms with E-state index < -0.39 is 0 Å². The summed E-state index contributed by atoms with van der Waals surface area (Å²) < 4.78 is 0.934. The van der Waals surface area contributed by atoms with Crippen molar-refractivity contribution in [2.45, 2.75) is 12.8 Å². The topological polar surface area (TPSA) is 40.6 Å². The minimum absolute atomic E-state index is 0.0299. The Morgan fingerprint density at radius 1 is 1.20 bits per heavy atom. The van der Waals surface area contributed by atoms with Crippen LogP contribution in [0.1, 0.15) is 23.2 Å². The molecule has 0 aliphatic carbocycles. The van der Waals surface area contributed by atoms with Gasteiger partial charge in [0.1, 0.15) is 0 Å². The van der Waals surface area contributed by atoms with Crippen LogP contribution in [0.3, 0.4) is 0 Å². The standard InChI is InChI=1S/C14H17BrN2O2S/c1-20-10-7-13(18)16-8-2-9-17(16)14(19)11-3-5-12(15)6-4-11/h3-6H,2,7-10H2,1H3. The Bertz CT molecular complexity index is 492. The molecule has 2 rings (SSSR count). The first kappa shape index (κ1) is 15.4. The van der Waals surface area contributed by atoms with E-state index in [1.165, 1.54) is 0 Å². The van der Waals surface area contributed by atoms with Crippen LogP contribution in [0.2, 0.25) is 0 Å². The third-order valence-electron chi connectivity index (χ3n) is 3.16. The zero-order chi connectivity index (χ0) is 14.5. The maximum atomic E-state index is 12.5. The quantitative estimate of drug-likeness (QED) is 0.832. The van der Waals surface area contributed by atoms with Gasteiger partial charge in [0.2, 0.25) is 5.91 Å². The number of nitrogens with zero attached hydrogens (tertiary/aromatic N) is 2. The van der Waals surface area contributed by atoms with Gasteiger partial charge in [0.05, 0.1) is 0 Å². The first-order valence-corrected chi connectivity index (χ1v) is 8.69. The van der Waals surface area contributed by atoms with E-state index >= 15 is 0 Å². The molecule has 2 amide bonds. The van der Waals surface area contributed by atoms with E-state index in [4.69, 9.17) is 0 Å². The normalized spacial score (nSPS) is 14.7. The predicted molar refractivity (Wildman–Crippen MR) is 84.5 cm³/mol. The van der Waals surface area contributed by atoms with Crippen LogP contribution in [0, 0.1) is 0 Å². The van der Waals surface area contributed by atoms with Crippen LogP contribution in [0.5, 0.6) is 0 Å². The average Bonchev–Trinajstić information content (AvgIpc) is 2.94. The number of hydrazine groups is 1. The summed E-state index contributed by atoms with van der Waals surface area (Å²) in [5.74, 6) is 0.713. The molecule has 0 atom stereocenters. The van der Waals surface area contributed by atoms with E-state index in [0.29, 0.717) is 25.1 Å². The lowest BCUT2D eigenvalue weighted by molar-refractivity contribution is -0.140. The van der Waals surface area contributed by atoms with E-state index in [9.17, 15) is 9.59 Å². The number of hydrogen-bond donors (Lipinski definition) is 0. The molecule has 1 aliphatic heterocycles. The molecule has 1 aromatic carbocycles. The highest BCUT2D eigenvalue weighted by atomic mass is 79.9. The second-order valence-corrected chi connectivity index (χ2v) is 6.45. The van der Waals surface area contributed by atoms with Crippen LogP contribution in [0.4, 0.5) is 0 Å². The summed E-state index contributed by atoms with van der Waals surface area (Å²) in [5, 5.41) is 3.17. The number of carbonyl (C=O) groups excluding carboxylic acids is 2. The molecule has 1 saturated heterocycles. The van der Waals surface area contributed by atoms with Gasteiger partial charge >= 0.3 is 0 Å². The number of hydrogen-bond acceptors (Lipinski definition) is 3. The van der Waals surface area contributed by atoms with Crippen LogP contribution in [-0.4, -0.2) is 46.9 Å². The van der Waals surface area contributed by atoms with Crippen molar-refractivity contribution in [3.63, 3.8) is 0 Å². The van der Waals surface area contributed by atoms with Gasteiger partial charge in [-0.15, -0.1) is 0 Å². The molecule has 0 N–H and O–H groups in total. The van der Waals surface area contributed by atoms with Gasteiger partial charge in [0, 0.05) is 35.3 Å². The molecule has 0 saturated carbocycles. The number of rotatable bonds is 4. The molecule has 6 heteroatoms. The van der Waals surface area contributed by atoms with Gasteiger partial charge in [-0.25, -0.2) is 5.01 Å². The van der Waals surface area contributed by atoms with Crippen LogP contribution < -0.4 is 0 Å². The highest BCUT2D eigenvalue weighted by molar-refractivity contribution is 9.10. The van der Waals surface area contributed by atoms with Crippen LogP contribution in [0.15, 0.2) is 28.7 Å². The summed E-state index contributed by atoms with van der Waals surface area (Å²) >= 11 is 4.99. The largest absolute Gasteiger partial charge is 0.273 e. The highest BCUT2D eigenvalue weighted by Gasteiger charge is 2.30. The number of thioether (sulfide) groups is 1. The van der Waals surface area contributed by atoms with E-state index in [1.54, 1.807) is 33.9 Å². The molecule has 20 heavy (non-hydrogen) atoms. The van der Waals surface area contributed by atoms with Crippen molar-refractivity contribution < 1.29 is 9.59 Å². The minimum Gasteiger partial charge on any atom is -0.273 e. The predicted octanol–water partition coefficient (Wildman–Crippen LogP) is 2.79. The molecule has 108 valence electrons. The lowest BCUT2D eigenvalue weighted by Crippen LogP contribution is -2.44. The van der Waals surface area contributed by atoms with Crippen molar-refractivity contribution in [1.29, 1.82) is 0 Å². The van der Waals surface area contributed by atoms with Crippen molar-refractivity contribution in [2.24, 2.45) is 0 Å². The zero-order valence-electron chi connectivity index (χ0n) is 11.3. The van der Waals surface area contributed by atoms with Crippen LogP contribution >= 0.6 is 27.7 Å². The van der Waals surface area contributed by atoms with Crippen molar-refractivity contribution >= 4 is 39.5 Å². The number of amides is 2. The van der Waals surface area contributed by atoms with Crippen molar-refractivity contribution in [1.82, 2.24) is 10.0 Å². The average molecular weight is 357 g/mol. The Labute approximate surface area is 131 Å². The summed E-state index contributed by atoms with van der Waals surface area (Å²) in [6.07, 6.45) is 3.29. The van der Waals surface area contributed by atoms with Crippen molar-refractivity contribution in [2.75, 3.05) is 25.1 Å². The van der Waals surface area contributed by atoms with Gasteiger partial charge in [0.15, 0.2) is 0 Å². The molecule has 1 aromatic rings. The molecule has 1 aliphatic rings. The van der Waals surface area contributed by atoms with Gasteiger partial charge in [-0.2, -0.15) is 11.8 Å². The molecule has 0 aromatic heterocycles. The molecule has 0 spiro atoms. The Hall–Kier alpha value is -1.01. The van der Waals surface area contributed by atoms with Gasteiger partial charge in [-0.3, -0.25) is 14.6 Å². The van der Waals surface area contributed by atoms with E-state index in [2.05, 4.69) is 15.9 Å². The second kappa shape index (κ2) is 7.13. The summed E-state index contributed by atoms with van der Waals surface area (Å²) in [5.41, 5.74) is 0.609. The summed E-state index contributed by atoms with van der Waals surface area (Å²) in [6.45, 7) is 1.25. The third kappa shape index (κ3) is 3.55. The molecule has 4 nitrogen and oxygen atoms in total. The molecule has 1 heterocycles. The molecule has 0 bridgehead atoms. The maximum absolute atomic E-state index is 12.5. The van der Waals surface area contributed by atoms with Crippen molar-refractivity contribution in [3.8, 4) is 0 Å². The van der Waals surface area contributed by atoms with Gasteiger partial charge in [-0.1, -0.05) is 15.9 Å². The molecule has 0 unspecified atom stereocenters. The minimum atomic E-state index is -0.104. The number of halogens is 1. The number of carbonyl (C=O) groups is 2. The fourth-order valence-corrected chi connectivity index (χ4v) is 2.79. The first-order chi connectivity index (χ1) is 9.63. The molecule has 0 radical (unpaired) electrons. The zero-order valence-corrected chi connectivity index (χ0v) is 13.7. The third-order valence-corrected chi connectivity index (χ3v) is 4.31. The van der Waals surface area contributed by atoms with Gasteiger partial charge < -0.3 is 0 Å². The summed E-state index contributed by atoms with van der Waals surface area (Å²) in [6, 6.07) is 7.22. The van der Waals surface area contributed by atoms with Crippen LogP contribution in [0.25, 0.3) is 0 Å². The Kier molecular flexibility index (Phi) is 5.48. The van der Waals surface area contributed by atoms with E-state index in [0.717, 1.165) is 16.6 Å². The van der Waals surface area contributed by atoms with Gasteiger partial charge in [0.25, 0.3) is 5.91 Å². The van der Waals surface area contributed by atoms with E-state index in [1.807, 2.05) is 18.4 Å². The lowest BCUT2D eigenvalue weighted by atomic mass is 10.2. The fraction of sp³-hybridized carbons (Fsp3) is 0.429. The lowest BCUT2D eigenvalue weighted by Gasteiger charge is -2.28. The highest BCUT2D eigenvalue weighted by Crippen LogP contribution is 2.18. The summed E-state index contributed by atoms with van der Waals surface area (Å²) in [7, 11) is 0. The SMILES string of the molecule is CSCCC(=O)N1CCCN1C(=O)c1ccc(Br)cc1. The Morgan fingerprint density at radius 2 is 1.85 bits per heavy atom. The monoisotopic (exact) mass is 356 g/mol. The Balaban J connectivity index is 2.08. The fourth-order valence-electron chi connectivity index (χ4n) is 2.14. The number of benzene rings is 1. The maximum Gasteiger partial charge on any atom is 0.272 e. The van der Waals surface area contributed by atoms with E-state index in [-0.39, 0.29) is 11.8 Å². The van der Waals surface area contributed by atoms with Crippen molar-refractivity contribution in [3.05, 3.63) is 34.3 Å².